The van der Waals surface area contributed by atoms with E-state index in [1.165, 1.54) is 27.2 Å². The highest BCUT2D eigenvalue weighted by Gasteiger charge is 2.14. The topological polar surface area (TPSA) is 31.4 Å². The number of benzene rings is 3. The Morgan fingerprint density at radius 3 is 2.38 bits per heavy atom. The Morgan fingerprint density at radius 1 is 0.828 bits per heavy atom. The molecule has 5 rings (SSSR count). The number of nitrogens with zero attached hydrogens (tertiary/aromatic N) is 3. The fraction of sp³-hybridized carbons (Fsp3) is 0.292. The third-order valence-electron chi connectivity index (χ3n) is 5.90. The predicted octanol–water partition coefficient (Wildman–Crippen LogP) is 4.62. The number of nitrogens with one attached hydrogen (secondary N) is 1. The minimum Gasteiger partial charge on any atom is -0.383 e. The Labute approximate surface area is 177 Å². The summed E-state index contributed by atoms with van der Waals surface area (Å²) in [5.41, 5.74) is 3.34. The quantitative estimate of drug-likeness (QED) is 0.395. The number of hydrogen-bond donors (Lipinski definition) is 1. The molecule has 2 heterocycles. The zero-order valence-corrected chi connectivity index (χ0v) is 17.6. The van der Waals surface area contributed by atoms with Crippen molar-refractivity contribution in [1.82, 2.24) is 14.8 Å². The van der Waals surface area contributed by atoms with Crippen molar-refractivity contribution in [2.45, 2.75) is 0 Å². The van der Waals surface area contributed by atoms with Gasteiger partial charge in [-0.3, -0.25) is 4.90 Å². The Bertz CT molecular complexity index is 1140. The number of hydrogen-bond acceptors (Lipinski definition) is 4. The van der Waals surface area contributed by atoms with Crippen LogP contribution in [0, 0.1) is 0 Å². The van der Waals surface area contributed by atoms with Crippen LogP contribution in [0.5, 0.6) is 0 Å². The minimum absolute atomic E-state index is 0. The lowest BCUT2D eigenvalue weighted by Crippen LogP contribution is -2.45. The second-order valence-electron chi connectivity index (χ2n) is 7.76. The van der Waals surface area contributed by atoms with Crippen LogP contribution in [0.15, 0.2) is 60.7 Å². The molecule has 0 saturated carbocycles. The molecular formula is C24H27ClN4. The van der Waals surface area contributed by atoms with Crippen LogP contribution >= 0.6 is 12.4 Å². The molecule has 0 unspecified atom stereocenters. The van der Waals surface area contributed by atoms with Crippen LogP contribution in [0.25, 0.3) is 32.6 Å². The van der Waals surface area contributed by atoms with Crippen molar-refractivity contribution in [3.63, 3.8) is 0 Å². The van der Waals surface area contributed by atoms with Crippen molar-refractivity contribution in [2.24, 2.45) is 0 Å². The van der Waals surface area contributed by atoms with Crippen molar-refractivity contribution in [2.75, 3.05) is 51.6 Å². The summed E-state index contributed by atoms with van der Waals surface area (Å²) in [6, 6.07) is 21.4. The summed E-state index contributed by atoms with van der Waals surface area (Å²) in [6.07, 6.45) is 0. The molecule has 0 aliphatic carbocycles. The molecule has 3 aromatic carbocycles. The SMILES string of the molecule is CN1CCN(CCNc2c3ccccc3nc3c2ccc2ccccc23)CC1.Cl. The predicted molar refractivity (Wildman–Crippen MR) is 126 cm³/mol. The van der Waals surface area contributed by atoms with Gasteiger partial charge in [0.05, 0.1) is 16.7 Å². The molecule has 1 aromatic heterocycles. The number of fused-ring (bicyclic) bond motifs is 4. The number of anilines is 1. The molecule has 4 aromatic rings. The van der Waals surface area contributed by atoms with E-state index in [1.807, 2.05) is 0 Å². The molecular weight excluding hydrogens is 380 g/mol. The molecule has 1 N–H and O–H groups in total. The molecule has 1 saturated heterocycles. The van der Waals surface area contributed by atoms with Gasteiger partial charge in [0.15, 0.2) is 0 Å². The Hall–Kier alpha value is -2.40. The van der Waals surface area contributed by atoms with Gasteiger partial charge in [-0.2, -0.15) is 0 Å². The van der Waals surface area contributed by atoms with Gasteiger partial charge in [0.2, 0.25) is 0 Å². The van der Waals surface area contributed by atoms with E-state index >= 15 is 0 Å². The fourth-order valence-electron chi connectivity index (χ4n) is 4.23. The van der Waals surface area contributed by atoms with Crippen LogP contribution in [0.4, 0.5) is 5.69 Å². The Kier molecular flexibility index (Phi) is 5.86. The standard InChI is InChI=1S/C24H26N4.ClH/c1-27-14-16-28(17-15-27)13-12-25-23-20-8-4-5-9-22(20)26-24-19-7-3-2-6-18(19)10-11-21(23)24;/h2-11H,12-17H2,1H3,(H,25,26);1H. The normalized spacial score (nSPS) is 15.6. The van der Waals surface area contributed by atoms with Gasteiger partial charge in [0, 0.05) is 55.4 Å². The molecule has 0 spiro atoms. The molecule has 5 heteroatoms. The van der Waals surface area contributed by atoms with Gasteiger partial charge in [-0.15, -0.1) is 12.4 Å². The van der Waals surface area contributed by atoms with Crippen LogP contribution in [0.2, 0.25) is 0 Å². The van der Waals surface area contributed by atoms with E-state index in [1.54, 1.807) is 0 Å². The monoisotopic (exact) mass is 406 g/mol. The number of pyridine rings is 1. The summed E-state index contributed by atoms with van der Waals surface area (Å²) >= 11 is 0. The largest absolute Gasteiger partial charge is 0.383 e. The fourth-order valence-corrected chi connectivity index (χ4v) is 4.23. The van der Waals surface area contributed by atoms with Gasteiger partial charge >= 0.3 is 0 Å². The second kappa shape index (κ2) is 8.54. The lowest BCUT2D eigenvalue weighted by molar-refractivity contribution is 0.158. The van der Waals surface area contributed by atoms with Crippen LogP contribution in [0.3, 0.4) is 0 Å². The van der Waals surface area contributed by atoms with Crippen LogP contribution in [-0.4, -0.2) is 61.1 Å². The van der Waals surface area contributed by atoms with Crippen molar-refractivity contribution in [3.8, 4) is 0 Å². The van der Waals surface area contributed by atoms with Crippen LogP contribution in [-0.2, 0) is 0 Å². The molecule has 0 radical (unpaired) electrons. The van der Waals surface area contributed by atoms with Crippen molar-refractivity contribution >= 4 is 50.7 Å². The van der Waals surface area contributed by atoms with Crippen molar-refractivity contribution < 1.29 is 0 Å². The zero-order chi connectivity index (χ0) is 18.9. The molecule has 29 heavy (non-hydrogen) atoms. The number of rotatable bonds is 4. The number of aromatic nitrogens is 1. The van der Waals surface area contributed by atoms with Crippen molar-refractivity contribution in [1.29, 1.82) is 0 Å². The highest BCUT2D eigenvalue weighted by atomic mass is 35.5. The molecule has 0 amide bonds. The molecule has 0 bridgehead atoms. The molecule has 4 nitrogen and oxygen atoms in total. The molecule has 1 aliphatic rings. The van der Waals surface area contributed by atoms with E-state index in [2.05, 4.69) is 82.8 Å². The van der Waals surface area contributed by atoms with Crippen LogP contribution in [0.1, 0.15) is 0 Å². The van der Waals surface area contributed by atoms with Gasteiger partial charge in [-0.05, 0) is 18.5 Å². The number of piperazine rings is 1. The summed E-state index contributed by atoms with van der Waals surface area (Å²) in [5.74, 6) is 0. The highest BCUT2D eigenvalue weighted by molar-refractivity contribution is 6.15. The van der Waals surface area contributed by atoms with Gasteiger partial charge in [0.1, 0.15) is 0 Å². The maximum absolute atomic E-state index is 5.02. The lowest BCUT2D eigenvalue weighted by Gasteiger charge is -2.32. The number of halogens is 1. The van der Waals surface area contributed by atoms with E-state index in [9.17, 15) is 0 Å². The number of para-hydroxylation sites is 1. The maximum atomic E-state index is 5.02. The highest BCUT2D eigenvalue weighted by Crippen LogP contribution is 2.34. The van der Waals surface area contributed by atoms with Gasteiger partial charge in [-0.1, -0.05) is 54.6 Å². The van der Waals surface area contributed by atoms with E-state index < -0.39 is 0 Å². The van der Waals surface area contributed by atoms with E-state index in [-0.39, 0.29) is 12.4 Å². The smallest absolute Gasteiger partial charge is 0.0808 e. The molecule has 150 valence electrons. The molecule has 1 fully saturated rings. The third-order valence-corrected chi connectivity index (χ3v) is 5.90. The summed E-state index contributed by atoms with van der Waals surface area (Å²) in [4.78, 5) is 9.97. The Balaban J connectivity index is 0.00000205. The third kappa shape index (κ3) is 3.88. The second-order valence-corrected chi connectivity index (χ2v) is 7.76. The first-order valence-electron chi connectivity index (χ1n) is 10.1. The first-order valence-corrected chi connectivity index (χ1v) is 10.1. The average molecular weight is 407 g/mol. The van der Waals surface area contributed by atoms with Gasteiger partial charge < -0.3 is 10.2 Å². The molecule has 1 aliphatic heterocycles. The summed E-state index contributed by atoms with van der Waals surface area (Å²) in [7, 11) is 2.20. The summed E-state index contributed by atoms with van der Waals surface area (Å²) < 4.78 is 0. The van der Waals surface area contributed by atoms with Crippen LogP contribution < -0.4 is 5.32 Å². The first kappa shape index (κ1) is 19.9. The average Bonchev–Trinajstić information content (AvgIpc) is 2.74. The lowest BCUT2D eigenvalue weighted by atomic mass is 10.0. The number of likely N-dealkylation sites (N-methyl/N-ethyl adjacent to an activating group) is 1. The van der Waals surface area contributed by atoms with Gasteiger partial charge in [0.25, 0.3) is 0 Å². The van der Waals surface area contributed by atoms with E-state index in [0.717, 1.165) is 50.3 Å². The minimum atomic E-state index is 0. The summed E-state index contributed by atoms with van der Waals surface area (Å²) in [6.45, 7) is 6.64. The summed E-state index contributed by atoms with van der Waals surface area (Å²) in [5, 5.41) is 8.61. The van der Waals surface area contributed by atoms with E-state index in [0.29, 0.717) is 0 Å². The van der Waals surface area contributed by atoms with E-state index in [4.69, 9.17) is 4.98 Å². The zero-order valence-electron chi connectivity index (χ0n) is 16.8. The van der Waals surface area contributed by atoms with Gasteiger partial charge in [-0.25, -0.2) is 4.98 Å². The van der Waals surface area contributed by atoms with Crippen molar-refractivity contribution in [3.05, 3.63) is 60.7 Å². The first-order chi connectivity index (χ1) is 13.8. The molecule has 0 atom stereocenters. The Morgan fingerprint density at radius 2 is 1.55 bits per heavy atom. The maximum Gasteiger partial charge on any atom is 0.0808 e.